The lowest BCUT2D eigenvalue weighted by molar-refractivity contribution is -0.136. The third-order valence-electron chi connectivity index (χ3n) is 4.69. The van der Waals surface area contributed by atoms with Crippen LogP contribution < -0.4 is 5.32 Å². The molecule has 144 valence electrons. The Bertz CT molecular complexity index is 986. The van der Waals surface area contributed by atoms with E-state index in [9.17, 15) is 4.79 Å². The zero-order valence-electron chi connectivity index (χ0n) is 15.5. The molecule has 0 saturated heterocycles. The first-order chi connectivity index (χ1) is 14.2. The van der Waals surface area contributed by atoms with E-state index in [1.54, 1.807) is 0 Å². The number of aromatic nitrogens is 2. The Labute approximate surface area is 172 Å². The monoisotopic (exact) mass is 401 g/mol. The van der Waals surface area contributed by atoms with Crippen molar-refractivity contribution < 1.29 is 9.90 Å². The van der Waals surface area contributed by atoms with Gasteiger partial charge in [-0.2, -0.15) is 4.37 Å². The van der Waals surface area contributed by atoms with E-state index in [1.807, 2.05) is 54.6 Å². The SMILES string of the molecule is O=C(O)Cc1nsc(NC(c2ccccc2)(c2ccccc2)c2ccccc2)n1. The van der Waals surface area contributed by atoms with Gasteiger partial charge in [0, 0.05) is 11.5 Å². The second-order valence-corrected chi connectivity index (χ2v) is 7.31. The van der Waals surface area contributed by atoms with Gasteiger partial charge in [-0.25, -0.2) is 4.98 Å². The molecule has 29 heavy (non-hydrogen) atoms. The largest absolute Gasteiger partial charge is 0.481 e. The van der Waals surface area contributed by atoms with Gasteiger partial charge in [0.2, 0.25) is 5.13 Å². The lowest BCUT2D eigenvalue weighted by Crippen LogP contribution is -2.38. The normalized spacial score (nSPS) is 11.2. The highest BCUT2D eigenvalue weighted by Gasteiger charge is 2.37. The molecule has 0 radical (unpaired) electrons. The summed E-state index contributed by atoms with van der Waals surface area (Å²) in [4.78, 5) is 15.5. The van der Waals surface area contributed by atoms with E-state index in [2.05, 4.69) is 51.1 Å². The lowest BCUT2D eigenvalue weighted by atomic mass is 9.77. The van der Waals surface area contributed by atoms with Gasteiger partial charge in [0.25, 0.3) is 0 Å². The van der Waals surface area contributed by atoms with Crippen molar-refractivity contribution in [1.82, 2.24) is 9.36 Å². The Morgan fingerprint density at radius 3 is 1.69 bits per heavy atom. The Morgan fingerprint density at radius 2 is 1.28 bits per heavy atom. The second-order valence-electron chi connectivity index (χ2n) is 6.56. The smallest absolute Gasteiger partial charge is 0.311 e. The van der Waals surface area contributed by atoms with Crippen LogP contribution in [0.15, 0.2) is 91.0 Å². The van der Waals surface area contributed by atoms with Gasteiger partial charge in [0.05, 0.1) is 0 Å². The summed E-state index contributed by atoms with van der Waals surface area (Å²) in [5, 5.41) is 13.2. The fraction of sp³-hybridized carbons (Fsp3) is 0.0870. The van der Waals surface area contributed by atoms with E-state index in [0.29, 0.717) is 11.0 Å². The molecule has 4 aromatic rings. The number of hydrogen-bond acceptors (Lipinski definition) is 5. The zero-order valence-corrected chi connectivity index (χ0v) is 16.3. The van der Waals surface area contributed by atoms with Crippen LogP contribution in [0.5, 0.6) is 0 Å². The van der Waals surface area contributed by atoms with Crippen molar-refractivity contribution in [1.29, 1.82) is 0 Å². The van der Waals surface area contributed by atoms with E-state index in [1.165, 1.54) is 11.5 Å². The lowest BCUT2D eigenvalue weighted by Gasteiger charge is -2.36. The molecule has 3 aromatic carbocycles. The fourth-order valence-corrected chi connectivity index (χ4v) is 4.10. The first kappa shape index (κ1) is 18.8. The van der Waals surface area contributed by atoms with Crippen LogP contribution in [0.4, 0.5) is 5.13 Å². The van der Waals surface area contributed by atoms with Crippen molar-refractivity contribution >= 4 is 22.6 Å². The number of carboxylic acid groups (broad SMARTS) is 1. The Kier molecular flexibility index (Phi) is 5.35. The third-order valence-corrected chi connectivity index (χ3v) is 5.36. The summed E-state index contributed by atoms with van der Waals surface area (Å²) >= 11 is 1.17. The number of nitrogens with zero attached hydrogens (tertiary/aromatic N) is 2. The van der Waals surface area contributed by atoms with Crippen LogP contribution >= 0.6 is 11.5 Å². The minimum absolute atomic E-state index is 0.201. The van der Waals surface area contributed by atoms with E-state index in [4.69, 9.17) is 5.11 Å². The molecule has 4 rings (SSSR count). The molecule has 0 spiro atoms. The van der Waals surface area contributed by atoms with Crippen molar-refractivity contribution in [2.75, 3.05) is 5.32 Å². The van der Waals surface area contributed by atoms with E-state index < -0.39 is 11.5 Å². The van der Waals surface area contributed by atoms with Crippen LogP contribution in [0.2, 0.25) is 0 Å². The van der Waals surface area contributed by atoms with Gasteiger partial charge < -0.3 is 10.4 Å². The van der Waals surface area contributed by atoms with Gasteiger partial charge in [0.1, 0.15) is 12.0 Å². The van der Waals surface area contributed by atoms with Crippen molar-refractivity contribution in [3.8, 4) is 0 Å². The molecule has 0 saturated carbocycles. The highest BCUT2D eigenvalue weighted by atomic mass is 32.1. The van der Waals surface area contributed by atoms with Gasteiger partial charge in [-0.15, -0.1) is 0 Å². The van der Waals surface area contributed by atoms with Crippen LogP contribution in [-0.2, 0) is 16.8 Å². The number of carboxylic acids is 1. The number of aliphatic carboxylic acids is 1. The molecule has 0 unspecified atom stereocenters. The first-order valence-corrected chi connectivity index (χ1v) is 9.95. The number of nitrogens with one attached hydrogen (secondary N) is 1. The molecule has 1 aromatic heterocycles. The summed E-state index contributed by atoms with van der Waals surface area (Å²) in [5.41, 5.74) is 2.44. The van der Waals surface area contributed by atoms with Gasteiger partial charge in [-0.05, 0) is 16.7 Å². The standard InChI is InChI=1S/C23H19N3O2S/c27-21(28)16-20-24-22(29-26-20)25-23(17-10-4-1-5-11-17,18-12-6-2-7-13-18)19-14-8-3-9-15-19/h1-15H,16H2,(H,27,28)(H,24,25,26). The van der Waals surface area contributed by atoms with Gasteiger partial charge in [-0.1, -0.05) is 91.0 Å². The van der Waals surface area contributed by atoms with Crippen molar-refractivity contribution in [2.45, 2.75) is 12.0 Å². The molecule has 1 heterocycles. The molecule has 2 N–H and O–H groups in total. The topological polar surface area (TPSA) is 75.1 Å². The Balaban J connectivity index is 1.90. The molecule has 0 atom stereocenters. The predicted octanol–water partition coefficient (Wildman–Crippen LogP) is 4.57. The highest BCUT2D eigenvalue weighted by Crippen LogP contribution is 2.40. The van der Waals surface area contributed by atoms with E-state index in [0.717, 1.165) is 16.7 Å². The molecular formula is C23H19N3O2S. The summed E-state index contributed by atoms with van der Waals surface area (Å²) < 4.78 is 4.21. The van der Waals surface area contributed by atoms with Crippen LogP contribution in [-0.4, -0.2) is 20.4 Å². The number of hydrogen-bond donors (Lipinski definition) is 2. The number of benzene rings is 3. The number of anilines is 1. The summed E-state index contributed by atoms with van der Waals surface area (Å²) in [6.07, 6.45) is -0.201. The zero-order chi connectivity index (χ0) is 20.1. The van der Waals surface area contributed by atoms with E-state index in [-0.39, 0.29) is 6.42 Å². The molecular weight excluding hydrogens is 382 g/mol. The van der Waals surface area contributed by atoms with Crippen molar-refractivity contribution in [3.05, 3.63) is 114 Å². The maximum atomic E-state index is 11.0. The van der Waals surface area contributed by atoms with Crippen molar-refractivity contribution in [3.63, 3.8) is 0 Å². The van der Waals surface area contributed by atoms with Gasteiger partial charge in [0.15, 0.2) is 5.82 Å². The maximum absolute atomic E-state index is 11.0. The Morgan fingerprint density at radius 1 is 0.828 bits per heavy atom. The highest BCUT2D eigenvalue weighted by molar-refractivity contribution is 7.09. The van der Waals surface area contributed by atoms with Crippen LogP contribution in [0.1, 0.15) is 22.5 Å². The van der Waals surface area contributed by atoms with Crippen LogP contribution in [0, 0.1) is 0 Å². The number of rotatable bonds is 7. The molecule has 0 amide bonds. The Hall–Kier alpha value is -3.51. The number of carbonyl (C=O) groups is 1. The van der Waals surface area contributed by atoms with Gasteiger partial charge >= 0.3 is 5.97 Å². The summed E-state index contributed by atoms with van der Waals surface area (Å²) in [5.74, 6) is -0.650. The van der Waals surface area contributed by atoms with Crippen LogP contribution in [0.3, 0.4) is 0 Å². The average Bonchev–Trinajstić information content (AvgIpc) is 3.20. The molecule has 0 bridgehead atoms. The molecule has 5 nitrogen and oxygen atoms in total. The average molecular weight is 401 g/mol. The fourth-order valence-electron chi connectivity index (χ4n) is 3.45. The molecule has 0 aliphatic carbocycles. The summed E-state index contributed by atoms with van der Waals surface area (Å²) in [6.45, 7) is 0. The molecule has 0 aliphatic rings. The minimum atomic E-state index is -0.949. The molecule has 0 fully saturated rings. The quantitative estimate of drug-likeness (QED) is 0.444. The molecule has 6 heteroatoms. The molecule has 0 aliphatic heterocycles. The first-order valence-electron chi connectivity index (χ1n) is 9.17. The van der Waals surface area contributed by atoms with Crippen LogP contribution in [0.25, 0.3) is 0 Å². The summed E-state index contributed by atoms with van der Waals surface area (Å²) in [6, 6.07) is 30.5. The summed E-state index contributed by atoms with van der Waals surface area (Å²) in [7, 11) is 0. The third kappa shape index (κ3) is 3.88. The second kappa shape index (κ2) is 8.24. The van der Waals surface area contributed by atoms with Gasteiger partial charge in [-0.3, -0.25) is 4.79 Å². The van der Waals surface area contributed by atoms with E-state index >= 15 is 0 Å². The maximum Gasteiger partial charge on any atom is 0.311 e. The predicted molar refractivity (Wildman–Crippen MR) is 114 cm³/mol. The minimum Gasteiger partial charge on any atom is -0.481 e. The van der Waals surface area contributed by atoms with Crippen molar-refractivity contribution in [2.24, 2.45) is 0 Å².